The van der Waals surface area contributed by atoms with Crippen LogP contribution < -0.4 is 16.2 Å². The number of nitrogens with one attached hydrogen (secondary N) is 1. The summed E-state index contributed by atoms with van der Waals surface area (Å²) < 4.78 is 7.57. The molecule has 0 fully saturated rings. The molecule has 0 bridgehead atoms. The number of aromatic amines is 1. The maximum Gasteiger partial charge on any atom is 0.332 e. The van der Waals surface area contributed by atoms with Crippen LogP contribution in [0.15, 0.2) is 57.8 Å². The van der Waals surface area contributed by atoms with Gasteiger partial charge in [0.25, 0.3) is 5.91 Å². The number of carbonyl (C=O) groups is 1. The fourth-order valence-corrected chi connectivity index (χ4v) is 3.49. The summed E-state index contributed by atoms with van der Waals surface area (Å²) in [6.07, 6.45) is 0. The first kappa shape index (κ1) is 18.9. The average molecular weight is 454 g/mol. The highest BCUT2D eigenvalue weighted by Crippen LogP contribution is 2.27. The molecule has 4 rings (SSSR count). The van der Waals surface area contributed by atoms with Crippen LogP contribution in [0.4, 0.5) is 0 Å². The second kappa shape index (κ2) is 7.51. The number of aromatic nitrogens is 4. The molecule has 0 aliphatic heterocycles. The van der Waals surface area contributed by atoms with Crippen molar-refractivity contribution >= 4 is 33.0 Å². The van der Waals surface area contributed by atoms with Crippen molar-refractivity contribution in [3.8, 4) is 22.8 Å². The summed E-state index contributed by atoms with van der Waals surface area (Å²) in [6.45, 7) is 2.43. The third-order valence-corrected chi connectivity index (χ3v) is 4.98. The van der Waals surface area contributed by atoms with Crippen LogP contribution in [0.1, 0.15) is 17.4 Å². The van der Waals surface area contributed by atoms with E-state index in [0.29, 0.717) is 23.6 Å². The van der Waals surface area contributed by atoms with Gasteiger partial charge in [0.05, 0.1) is 12.3 Å². The lowest BCUT2D eigenvalue weighted by atomic mass is 10.2. The van der Waals surface area contributed by atoms with Crippen LogP contribution in [0, 0.1) is 0 Å². The number of nitrogens with zero attached hydrogens (tertiary/aromatic N) is 3. The largest absolute Gasteiger partial charge is 0.494 e. The van der Waals surface area contributed by atoms with E-state index in [1.54, 1.807) is 24.3 Å². The number of ether oxygens (including phenoxy) is 1. The highest BCUT2D eigenvalue weighted by atomic mass is 79.9. The third-order valence-electron chi connectivity index (χ3n) is 4.29. The smallest absolute Gasteiger partial charge is 0.332 e. The van der Waals surface area contributed by atoms with Gasteiger partial charge in [-0.1, -0.05) is 34.1 Å². The molecule has 0 unspecified atom stereocenters. The number of halogens is 1. The molecule has 0 saturated carbocycles. The van der Waals surface area contributed by atoms with E-state index >= 15 is 0 Å². The molecule has 0 atom stereocenters. The highest BCUT2D eigenvalue weighted by molar-refractivity contribution is 9.10. The zero-order valence-electron chi connectivity index (χ0n) is 15.3. The van der Waals surface area contributed by atoms with E-state index in [1.807, 2.05) is 31.2 Å². The van der Waals surface area contributed by atoms with Gasteiger partial charge in [-0.2, -0.15) is 0 Å². The molecule has 4 aromatic rings. The summed E-state index contributed by atoms with van der Waals surface area (Å²) in [4.78, 5) is 36.2. The zero-order valence-corrected chi connectivity index (χ0v) is 16.9. The number of hydrogen-bond acceptors (Lipinski definition) is 5. The Kier molecular flexibility index (Phi) is 4.89. The van der Waals surface area contributed by atoms with Crippen LogP contribution in [0.5, 0.6) is 5.75 Å². The number of carbonyl (C=O) groups excluding carboxylic acids is 1. The van der Waals surface area contributed by atoms with Crippen molar-refractivity contribution < 1.29 is 9.53 Å². The summed E-state index contributed by atoms with van der Waals surface area (Å²) in [7, 11) is 0. The first-order chi connectivity index (χ1) is 14.0. The van der Waals surface area contributed by atoms with Gasteiger partial charge in [0.1, 0.15) is 11.3 Å². The molecule has 2 aromatic carbocycles. The second-order valence-corrected chi connectivity index (χ2v) is 6.99. The van der Waals surface area contributed by atoms with Crippen molar-refractivity contribution in [1.29, 1.82) is 0 Å². The fourth-order valence-electron chi connectivity index (χ4n) is 3.02. The van der Waals surface area contributed by atoms with Gasteiger partial charge in [0.15, 0.2) is 17.2 Å². The predicted octanol–water partition coefficient (Wildman–Crippen LogP) is 3.04. The number of nitrogens with two attached hydrogens (primary N) is 1. The minimum atomic E-state index is -0.759. The standard InChI is InChI=1S/C20H16BrN5O3/c1-2-29-12-9-7-11(8-10-12)26-19-16(24-20(26)28)15(17(22)27)23-18(25-19)13-5-3-4-6-14(13)21/h3-10H,2H2,1H3,(H2,22,27)(H,24,28). The number of imidazole rings is 1. The van der Waals surface area contributed by atoms with Gasteiger partial charge in [-0.25, -0.2) is 19.3 Å². The van der Waals surface area contributed by atoms with Crippen molar-refractivity contribution in [2.24, 2.45) is 5.73 Å². The number of rotatable bonds is 5. The van der Waals surface area contributed by atoms with E-state index in [0.717, 1.165) is 4.47 Å². The molecule has 29 heavy (non-hydrogen) atoms. The van der Waals surface area contributed by atoms with Crippen molar-refractivity contribution in [3.63, 3.8) is 0 Å². The summed E-state index contributed by atoms with van der Waals surface area (Å²) in [5.74, 6) is 0.203. The first-order valence-electron chi connectivity index (χ1n) is 8.80. The molecule has 1 amide bonds. The van der Waals surface area contributed by atoms with Crippen LogP contribution in [0.2, 0.25) is 0 Å². The Labute approximate surface area is 173 Å². The van der Waals surface area contributed by atoms with Gasteiger partial charge in [0, 0.05) is 10.0 Å². The van der Waals surface area contributed by atoms with Gasteiger partial charge in [-0.15, -0.1) is 0 Å². The normalized spacial score (nSPS) is 11.0. The van der Waals surface area contributed by atoms with Gasteiger partial charge >= 0.3 is 5.69 Å². The summed E-state index contributed by atoms with van der Waals surface area (Å²) in [6, 6.07) is 14.3. The molecule has 2 heterocycles. The van der Waals surface area contributed by atoms with Crippen LogP contribution in [0.25, 0.3) is 28.2 Å². The Morgan fingerprint density at radius 1 is 1.17 bits per heavy atom. The van der Waals surface area contributed by atoms with Crippen molar-refractivity contribution in [3.05, 3.63) is 69.2 Å². The quantitative estimate of drug-likeness (QED) is 0.481. The topological polar surface area (TPSA) is 116 Å². The van der Waals surface area contributed by atoms with Crippen molar-refractivity contribution in [1.82, 2.24) is 19.5 Å². The zero-order chi connectivity index (χ0) is 20.5. The maximum atomic E-state index is 12.7. The van der Waals surface area contributed by atoms with E-state index in [4.69, 9.17) is 10.5 Å². The molecule has 0 saturated heterocycles. The molecule has 0 spiro atoms. The molecule has 146 valence electrons. The SMILES string of the molecule is CCOc1ccc(-n2c(=O)[nH]c3c(C(N)=O)nc(-c4ccccc4Br)nc32)cc1. The van der Waals surface area contributed by atoms with Crippen LogP contribution >= 0.6 is 15.9 Å². The minimum absolute atomic E-state index is 0.0532. The van der Waals surface area contributed by atoms with Crippen LogP contribution in [-0.4, -0.2) is 32.0 Å². The number of amides is 1. The lowest BCUT2D eigenvalue weighted by Crippen LogP contribution is -2.15. The van der Waals surface area contributed by atoms with E-state index in [9.17, 15) is 9.59 Å². The predicted molar refractivity (Wildman–Crippen MR) is 112 cm³/mol. The number of primary amides is 1. The lowest BCUT2D eigenvalue weighted by Gasteiger charge is -2.08. The molecule has 0 aliphatic carbocycles. The number of benzene rings is 2. The Morgan fingerprint density at radius 3 is 2.55 bits per heavy atom. The highest BCUT2D eigenvalue weighted by Gasteiger charge is 2.20. The van der Waals surface area contributed by atoms with Crippen molar-refractivity contribution in [2.75, 3.05) is 6.61 Å². The maximum absolute atomic E-state index is 12.7. The molecule has 0 aliphatic rings. The summed E-state index contributed by atoms with van der Waals surface area (Å²) >= 11 is 3.46. The van der Waals surface area contributed by atoms with E-state index in [-0.39, 0.29) is 22.7 Å². The van der Waals surface area contributed by atoms with E-state index in [2.05, 4.69) is 30.9 Å². The van der Waals surface area contributed by atoms with Crippen LogP contribution in [0.3, 0.4) is 0 Å². The Morgan fingerprint density at radius 2 is 1.90 bits per heavy atom. The Hall–Kier alpha value is -3.46. The minimum Gasteiger partial charge on any atom is -0.494 e. The Balaban J connectivity index is 1.99. The van der Waals surface area contributed by atoms with Crippen LogP contribution in [-0.2, 0) is 0 Å². The molecule has 0 radical (unpaired) electrons. The summed E-state index contributed by atoms with van der Waals surface area (Å²) in [5, 5.41) is 0. The van der Waals surface area contributed by atoms with Gasteiger partial charge in [-0.3, -0.25) is 4.79 Å². The molecule has 8 nitrogen and oxygen atoms in total. The third kappa shape index (κ3) is 3.40. The van der Waals surface area contributed by atoms with E-state index < -0.39 is 11.6 Å². The molecule has 3 N–H and O–H groups in total. The molecule has 2 aromatic heterocycles. The fraction of sp³-hybridized carbons (Fsp3) is 0.100. The molecular formula is C20H16BrN5O3. The molecular weight excluding hydrogens is 438 g/mol. The molecule has 9 heteroatoms. The van der Waals surface area contributed by atoms with Gasteiger partial charge in [-0.05, 0) is 37.3 Å². The van der Waals surface area contributed by atoms with Gasteiger partial charge in [0.2, 0.25) is 0 Å². The second-order valence-electron chi connectivity index (χ2n) is 6.13. The summed E-state index contributed by atoms with van der Waals surface area (Å²) in [5.41, 5.74) is 6.70. The number of hydrogen-bond donors (Lipinski definition) is 2. The Bertz CT molecular complexity index is 1280. The average Bonchev–Trinajstić information content (AvgIpc) is 3.04. The number of H-pyrrole nitrogens is 1. The first-order valence-corrected chi connectivity index (χ1v) is 9.59. The van der Waals surface area contributed by atoms with Gasteiger partial charge < -0.3 is 15.5 Å². The van der Waals surface area contributed by atoms with E-state index in [1.165, 1.54) is 4.57 Å². The number of fused-ring (bicyclic) bond motifs is 1. The van der Waals surface area contributed by atoms with Crippen molar-refractivity contribution in [2.45, 2.75) is 6.92 Å². The lowest BCUT2D eigenvalue weighted by molar-refractivity contribution is 0.0997. The monoisotopic (exact) mass is 453 g/mol.